The fourth-order valence-electron chi connectivity index (χ4n) is 3.14. The summed E-state index contributed by atoms with van der Waals surface area (Å²) in [7, 11) is 3.84. The van der Waals surface area contributed by atoms with Crippen LogP contribution in [0.2, 0.25) is 0 Å². The smallest absolute Gasteiger partial charge is 0.205 e. The van der Waals surface area contributed by atoms with Gasteiger partial charge in [-0.3, -0.25) is 0 Å². The number of aromatic nitrogens is 2. The molecule has 0 aliphatic carbocycles. The van der Waals surface area contributed by atoms with Gasteiger partial charge in [-0.15, -0.1) is 0 Å². The van der Waals surface area contributed by atoms with Gasteiger partial charge < -0.3 is 15.0 Å². The highest BCUT2D eigenvalue weighted by molar-refractivity contribution is 7.09. The van der Waals surface area contributed by atoms with Crippen molar-refractivity contribution in [1.29, 1.82) is 0 Å². The van der Waals surface area contributed by atoms with Crippen LogP contribution in [0.25, 0.3) is 0 Å². The van der Waals surface area contributed by atoms with Crippen LogP contribution >= 0.6 is 11.5 Å². The lowest BCUT2D eigenvalue weighted by atomic mass is 9.99. The quantitative estimate of drug-likeness (QED) is 0.915. The predicted octanol–water partition coefficient (Wildman–Crippen LogP) is 1.96. The molecule has 0 saturated carbocycles. The standard InChI is InChI=1S/C13H22N4OS/c1-8(18-3)12-15-13(19-16-12)17(2)11-6-9-4-5-10(7-11)14-9/h8-11,14H,4-7H2,1-3H3. The lowest BCUT2D eigenvalue weighted by molar-refractivity contribution is 0.113. The zero-order chi connectivity index (χ0) is 13.4. The molecule has 0 radical (unpaired) electrons. The zero-order valence-electron chi connectivity index (χ0n) is 11.8. The molecule has 0 spiro atoms. The van der Waals surface area contributed by atoms with Crippen LogP contribution in [0.1, 0.15) is 44.5 Å². The Morgan fingerprint density at radius 3 is 2.68 bits per heavy atom. The largest absolute Gasteiger partial charge is 0.374 e. The highest BCUT2D eigenvalue weighted by atomic mass is 32.1. The Kier molecular flexibility index (Phi) is 3.73. The molecule has 0 amide bonds. The van der Waals surface area contributed by atoms with Gasteiger partial charge in [0.2, 0.25) is 5.13 Å². The maximum absolute atomic E-state index is 5.27. The average molecular weight is 282 g/mol. The van der Waals surface area contributed by atoms with Crippen LogP contribution in [-0.2, 0) is 4.74 Å². The monoisotopic (exact) mass is 282 g/mol. The van der Waals surface area contributed by atoms with Crippen LogP contribution in [0.5, 0.6) is 0 Å². The second-order valence-corrected chi connectivity index (χ2v) is 6.42. The normalized spacial score (nSPS) is 31.4. The molecular formula is C13H22N4OS. The van der Waals surface area contributed by atoms with E-state index in [9.17, 15) is 0 Å². The van der Waals surface area contributed by atoms with E-state index in [-0.39, 0.29) is 6.10 Å². The Morgan fingerprint density at radius 1 is 1.37 bits per heavy atom. The van der Waals surface area contributed by atoms with E-state index in [1.165, 1.54) is 37.2 Å². The topological polar surface area (TPSA) is 50.3 Å². The van der Waals surface area contributed by atoms with Gasteiger partial charge in [-0.2, -0.15) is 4.37 Å². The Balaban J connectivity index is 1.69. The second-order valence-electron chi connectivity index (χ2n) is 5.69. The van der Waals surface area contributed by atoms with Gasteiger partial charge in [0.1, 0.15) is 6.10 Å². The Labute approximate surface area is 118 Å². The summed E-state index contributed by atoms with van der Waals surface area (Å²) in [6.45, 7) is 1.98. The molecule has 3 rings (SSSR count). The van der Waals surface area contributed by atoms with E-state index in [1.807, 2.05) is 6.92 Å². The summed E-state index contributed by atoms with van der Waals surface area (Å²) in [5.74, 6) is 0.797. The molecule has 106 valence electrons. The fraction of sp³-hybridized carbons (Fsp3) is 0.846. The van der Waals surface area contributed by atoms with E-state index in [2.05, 4.69) is 26.6 Å². The number of methoxy groups -OCH3 is 1. The van der Waals surface area contributed by atoms with Crippen molar-refractivity contribution < 1.29 is 4.74 Å². The molecule has 2 fully saturated rings. The van der Waals surface area contributed by atoms with Gasteiger partial charge in [0.25, 0.3) is 0 Å². The van der Waals surface area contributed by atoms with Crippen molar-refractivity contribution in [3.05, 3.63) is 5.82 Å². The number of rotatable bonds is 4. The second kappa shape index (κ2) is 5.34. The Hall–Kier alpha value is -0.720. The maximum atomic E-state index is 5.27. The molecular weight excluding hydrogens is 260 g/mol. The SMILES string of the molecule is COC(C)c1nsc(N(C)C2CC3CCC(C2)N3)n1. The third-order valence-corrected chi connectivity index (χ3v) is 5.27. The van der Waals surface area contributed by atoms with Gasteiger partial charge in [0.05, 0.1) is 0 Å². The van der Waals surface area contributed by atoms with Crippen molar-refractivity contribution in [2.24, 2.45) is 0 Å². The summed E-state index contributed by atoms with van der Waals surface area (Å²) >= 11 is 1.48. The van der Waals surface area contributed by atoms with E-state index in [0.717, 1.165) is 11.0 Å². The average Bonchev–Trinajstić information content (AvgIpc) is 3.04. The third-order valence-electron chi connectivity index (χ3n) is 4.45. The van der Waals surface area contributed by atoms with Crippen molar-refractivity contribution in [1.82, 2.24) is 14.7 Å². The molecule has 2 aliphatic rings. The van der Waals surface area contributed by atoms with Gasteiger partial charge in [-0.1, -0.05) is 0 Å². The minimum Gasteiger partial charge on any atom is -0.374 e. The number of nitrogens with zero attached hydrogens (tertiary/aromatic N) is 3. The minimum atomic E-state index is -0.0254. The molecule has 3 heterocycles. The predicted molar refractivity (Wildman–Crippen MR) is 76.7 cm³/mol. The maximum Gasteiger partial charge on any atom is 0.205 e. The van der Waals surface area contributed by atoms with E-state index < -0.39 is 0 Å². The molecule has 0 aromatic carbocycles. The summed E-state index contributed by atoms with van der Waals surface area (Å²) in [5, 5.41) is 4.70. The fourth-order valence-corrected chi connectivity index (χ4v) is 3.92. The first-order valence-electron chi connectivity index (χ1n) is 7.02. The molecule has 2 bridgehead atoms. The van der Waals surface area contributed by atoms with Crippen molar-refractivity contribution in [3.8, 4) is 0 Å². The molecule has 1 aromatic rings. The van der Waals surface area contributed by atoms with E-state index in [4.69, 9.17) is 4.74 Å². The number of fused-ring (bicyclic) bond motifs is 2. The van der Waals surface area contributed by atoms with E-state index in [0.29, 0.717) is 18.1 Å². The van der Waals surface area contributed by atoms with Gasteiger partial charge in [0.15, 0.2) is 5.82 Å². The van der Waals surface area contributed by atoms with Crippen LogP contribution in [-0.4, -0.2) is 41.6 Å². The highest BCUT2D eigenvalue weighted by Gasteiger charge is 2.35. The molecule has 1 N–H and O–H groups in total. The molecule has 1 aromatic heterocycles. The first kappa shape index (κ1) is 13.3. The van der Waals surface area contributed by atoms with Crippen molar-refractivity contribution in [2.75, 3.05) is 19.1 Å². The molecule has 5 nitrogen and oxygen atoms in total. The van der Waals surface area contributed by atoms with Gasteiger partial charge in [0, 0.05) is 43.8 Å². The summed E-state index contributed by atoms with van der Waals surface area (Å²) < 4.78 is 9.68. The van der Waals surface area contributed by atoms with Crippen molar-refractivity contribution in [3.63, 3.8) is 0 Å². The van der Waals surface area contributed by atoms with Crippen LogP contribution in [0, 0.1) is 0 Å². The lowest BCUT2D eigenvalue weighted by Gasteiger charge is -2.35. The van der Waals surface area contributed by atoms with Crippen LogP contribution in [0.4, 0.5) is 5.13 Å². The number of hydrogen-bond acceptors (Lipinski definition) is 6. The van der Waals surface area contributed by atoms with Crippen LogP contribution in [0.3, 0.4) is 0 Å². The van der Waals surface area contributed by atoms with Crippen LogP contribution in [0.15, 0.2) is 0 Å². The number of piperidine rings is 1. The minimum absolute atomic E-state index is 0.0254. The summed E-state index contributed by atoms with van der Waals surface area (Å²) in [6, 6.07) is 2.00. The summed E-state index contributed by atoms with van der Waals surface area (Å²) in [5.41, 5.74) is 0. The number of hydrogen-bond donors (Lipinski definition) is 1. The van der Waals surface area contributed by atoms with E-state index >= 15 is 0 Å². The Bertz CT molecular complexity index is 426. The van der Waals surface area contributed by atoms with Crippen molar-refractivity contribution >= 4 is 16.7 Å². The van der Waals surface area contributed by atoms with Gasteiger partial charge in [-0.25, -0.2) is 4.98 Å². The third kappa shape index (κ3) is 2.61. The summed E-state index contributed by atoms with van der Waals surface area (Å²) in [6.07, 6.45) is 5.08. The highest BCUT2D eigenvalue weighted by Crippen LogP contribution is 2.32. The Morgan fingerprint density at radius 2 is 2.05 bits per heavy atom. The molecule has 2 aliphatic heterocycles. The first-order chi connectivity index (χ1) is 9.17. The molecule has 2 saturated heterocycles. The number of anilines is 1. The van der Waals surface area contributed by atoms with E-state index in [1.54, 1.807) is 7.11 Å². The van der Waals surface area contributed by atoms with Crippen molar-refractivity contribution in [2.45, 2.75) is 56.8 Å². The molecule has 6 heteroatoms. The molecule has 3 unspecified atom stereocenters. The van der Waals surface area contributed by atoms with Gasteiger partial charge >= 0.3 is 0 Å². The number of nitrogens with one attached hydrogen (secondary N) is 1. The van der Waals surface area contributed by atoms with Crippen LogP contribution < -0.4 is 10.2 Å². The molecule has 19 heavy (non-hydrogen) atoms. The summed E-state index contributed by atoms with van der Waals surface area (Å²) in [4.78, 5) is 6.93. The number of ether oxygens (including phenoxy) is 1. The zero-order valence-corrected chi connectivity index (χ0v) is 12.6. The van der Waals surface area contributed by atoms with Gasteiger partial charge in [-0.05, 0) is 32.6 Å². The lowest BCUT2D eigenvalue weighted by Crippen LogP contribution is -2.47. The first-order valence-corrected chi connectivity index (χ1v) is 7.80. The molecule has 3 atom stereocenters.